The highest BCUT2D eigenvalue weighted by Gasteiger charge is 2.47. The fourth-order valence-electron chi connectivity index (χ4n) is 2.38. The first-order chi connectivity index (χ1) is 4.35. The Bertz CT molecular complexity index is 108. The second kappa shape index (κ2) is 1.72. The first-order valence-corrected chi connectivity index (χ1v) is 3.96. The summed E-state index contributed by atoms with van der Waals surface area (Å²) in [4.78, 5) is 0. The van der Waals surface area contributed by atoms with E-state index in [0.29, 0.717) is 12.5 Å². The molecule has 0 aromatic heterocycles. The largest absolute Gasteiger partial charge is 0.396 e. The van der Waals surface area contributed by atoms with Crippen molar-refractivity contribution >= 4 is 0 Å². The minimum Gasteiger partial charge on any atom is -0.396 e. The molecule has 0 radical (unpaired) electrons. The molecule has 2 fully saturated rings. The summed E-state index contributed by atoms with van der Waals surface area (Å²) in [6, 6.07) is 0. The van der Waals surface area contributed by atoms with Gasteiger partial charge in [0.15, 0.2) is 0 Å². The van der Waals surface area contributed by atoms with E-state index in [1.54, 1.807) is 0 Å². The molecule has 1 nitrogen and oxygen atoms in total. The predicted molar refractivity (Wildman–Crippen MR) is 36.1 cm³/mol. The van der Waals surface area contributed by atoms with Gasteiger partial charge in [0.25, 0.3) is 0 Å². The Kier molecular flexibility index (Phi) is 1.10. The molecule has 0 aliphatic heterocycles. The quantitative estimate of drug-likeness (QED) is 0.565. The SMILES string of the molecule is OCC1CC2(CCC2)C1. The monoisotopic (exact) mass is 126 g/mol. The van der Waals surface area contributed by atoms with E-state index in [-0.39, 0.29) is 0 Å². The normalized spacial score (nSPS) is 31.7. The van der Waals surface area contributed by atoms with Crippen LogP contribution in [-0.4, -0.2) is 11.7 Å². The molecule has 2 aliphatic carbocycles. The maximum absolute atomic E-state index is 8.74. The summed E-state index contributed by atoms with van der Waals surface area (Å²) in [6.45, 7) is 0.432. The zero-order valence-corrected chi connectivity index (χ0v) is 5.77. The van der Waals surface area contributed by atoms with Crippen LogP contribution in [0.4, 0.5) is 0 Å². The number of hydrogen-bond acceptors (Lipinski definition) is 1. The Hall–Kier alpha value is -0.0400. The molecule has 2 saturated carbocycles. The van der Waals surface area contributed by atoms with Crippen molar-refractivity contribution < 1.29 is 5.11 Å². The van der Waals surface area contributed by atoms with Crippen LogP contribution in [0.1, 0.15) is 32.1 Å². The van der Waals surface area contributed by atoms with Gasteiger partial charge in [-0.2, -0.15) is 0 Å². The van der Waals surface area contributed by atoms with Crippen LogP contribution >= 0.6 is 0 Å². The van der Waals surface area contributed by atoms with Crippen LogP contribution in [0.5, 0.6) is 0 Å². The van der Waals surface area contributed by atoms with Gasteiger partial charge in [-0.3, -0.25) is 0 Å². The fourth-order valence-corrected chi connectivity index (χ4v) is 2.38. The van der Waals surface area contributed by atoms with E-state index in [2.05, 4.69) is 0 Å². The van der Waals surface area contributed by atoms with Crippen LogP contribution in [0.3, 0.4) is 0 Å². The summed E-state index contributed by atoms with van der Waals surface area (Å²) in [5.41, 5.74) is 0.757. The third-order valence-electron chi connectivity index (χ3n) is 3.12. The van der Waals surface area contributed by atoms with Crippen LogP contribution in [-0.2, 0) is 0 Å². The summed E-state index contributed by atoms with van der Waals surface area (Å²) in [6.07, 6.45) is 6.98. The highest BCUT2D eigenvalue weighted by Crippen LogP contribution is 2.58. The fraction of sp³-hybridized carbons (Fsp3) is 1.00. The molecular formula is C8H14O. The molecule has 52 valence electrons. The minimum atomic E-state index is 0.432. The molecule has 2 rings (SSSR count). The van der Waals surface area contributed by atoms with Gasteiger partial charge < -0.3 is 5.11 Å². The van der Waals surface area contributed by atoms with Crippen LogP contribution in [0.2, 0.25) is 0 Å². The summed E-state index contributed by atoms with van der Waals surface area (Å²) in [5, 5.41) is 8.74. The molecule has 2 aliphatic rings. The van der Waals surface area contributed by atoms with E-state index >= 15 is 0 Å². The van der Waals surface area contributed by atoms with Crippen molar-refractivity contribution in [2.24, 2.45) is 11.3 Å². The lowest BCUT2D eigenvalue weighted by atomic mass is 9.52. The van der Waals surface area contributed by atoms with Crippen molar-refractivity contribution in [2.75, 3.05) is 6.61 Å². The van der Waals surface area contributed by atoms with Gasteiger partial charge >= 0.3 is 0 Å². The third kappa shape index (κ3) is 0.710. The van der Waals surface area contributed by atoms with Crippen molar-refractivity contribution in [2.45, 2.75) is 32.1 Å². The van der Waals surface area contributed by atoms with Gasteiger partial charge in [-0.1, -0.05) is 6.42 Å². The summed E-state index contributed by atoms with van der Waals surface area (Å²) >= 11 is 0. The van der Waals surface area contributed by atoms with Crippen LogP contribution in [0, 0.1) is 11.3 Å². The van der Waals surface area contributed by atoms with Crippen LogP contribution in [0.25, 0.3) is 0 Å². The van der Waals surface area contributed by atoms with E-state index in [9.17, 15) is 0 Å². The molecule has 1 heteroatoms. The van der Waals surface area contributed by atoms with Crippen molar-refractivity contribution in [3.63, 3.8) is 0 Å². The highest BCUT2D eigenvalue weighted by molar-refractivity contribution is 4.98. The first kappa shape index (κ1) is 5.72. The highest BCUT2D eigenvalue weighted by atomic mass is 16.3. The van der Waals surface area contributed by atoms with Crippen LogP contribution in [0.15, 0.2) is 0 Å². The summed E-state index contributed by atoms with van der Waals surface area (Å²) in [7, 11) is 0. The Balaban J connectivity index is 1.82. The van der Waals surface area contributed by atoms with Gasteiger partial charge in [0.1, 0.15) is 0 Å². The Morgan fingerprint density at radius 2 is 2.00 bits per heavy atom. The maximum atomic E-state index is 8.74. The topological polar surface area (TPSA) is 20.2 Å². The maximum Gasteiger partial charge on any atom is 0.0459 e. The van der Waals surface area contributed by atoms with Gasteiger partial charge in [0, 0.05) is 6.61 Å². The molecular weight excluding hydrogens is 112 g/mol. The average molecular weight is 126 g/mol. The Morgan fingerprint density at radius 1 is 1.33 bits per heavy atom. The molecule has 0 saturated heterocycles. The van der Waals surface area contributed by atoms with Gasteiger partial charge in [0.05, 0.1) is 0 Å². The lowest BCUT2D eigenvalue weighted by Crippen LogP contribution is -2.43. The zero-order chi connectivity index (χ0) is 6.32. The molecule has 1 spiro atoms. The molecule has 0 atom stereocenters. The van der Waals surface area contributed by atoms with E-state index in [1.807, 2.05) is 0 Å². The molecule has 0 amide bonds. The molecule has 0 unspecified atom stereocenters. The number of hydrogen-bond donors (Lipinski definition) is 1. The second-order valence-corrected chi connectivity index (χ2v) is 3.81. The van der Waals surface area contributed by atoms with E-state index in [1.165, 1.54) is 32.1 Å². The van der Waals surface area contributed by atoms with E-state index in [4.69, 9.17) is 5.11 Å². The molecule has 9 heavy (non-hydrogen) atoms. The summed E-state index contributed by atoms with van der Waals surface area (Å²) < 4.78 is 0. The predicted octanol–water partition coefficient (Wildman–Crippen LogP) is 1.56. The molecule has 0 aromatic rings. The third-order valence-corrected chi connectivity index (χ3v) is 3.12. The molecule has 0 heterocycles. The van der Waals surface area contributed by atoms with Crippen molar-refractivity contribution in [3.8, 4) is 0 Å². The molecule has 0 aromatic carbocycles. The number of rotatable bonds is 1. The van der Waals surface area contributed by atoms with Gasteiger partial charge in [-0.05, 0) is 37.0 Å². The minimum absolute atomic E-state index is 0.432. The molecule has 0 bridgehead atoms. The molecule has 1 N–H and O–H groups in total. The van der Waals surface area contributed by atoms with Crippen molar-refractivity contribution in [1.29, 1.82) is 0 Å². The van der Waals surface area contributed by atoms with Crippen molar-refractivity contribution in [3.05, 3.63) is 0 Å². The lowest BCUT2D eigenvalue weighted by molar-refractivity contribution is -0.0459. The van der Waals surface area contributed by atoms with Gasteiger partial charge in [-0.15, -0.1) is 0 Å². The Labute approximate surface area is 56.1 Å². The van der Waals surface area contributed by atoms with E-state index in [0.717, 1.165) is 5.41 Å². The van der Waals surface area contributed by atoms with Crippen molar-refractivity contribution in [1.82, 2.24) is 0 Å². The first-order valence-electron chi connectivity index (χ1n) is 3.96. The average Bonchev–Trinajstić information content (AvgIpc) is 1.59. The standard InChI is InChI=1S/C8H14O/c9-6-7-4-8(5-7)2-1-3-8/h7,9H,1-6H2. The second-order valence-electron chi connectivity index (χ2n) is 3.81. The van der Waals surface area contributed by atoms with E-state index < -0.39 is 0 Å². The lowest BCUT2D eigenvalue weighted by Gasteiger charge is -2.53. The number of aliphatic hydroxyl groups excluding tert-OH is 1. The van der Waals surface area contributed by atoms with Gasteiger partial charge in [-0.25, -0.2) is 0 Å². The van der Waals surface area contributed by atoms with Gasteiger partial charge in [0.2, 0.25) is 0 Å². The summed E-state index contributed by atoms with van der Waals surface area (Å²) in [5.74, 6) is 0.672. The smallest absolute Gasteiger partial charge is 0.0459 e. The Morgan fingerprint density at radius 3 is 2.33 bits per heavy atom. The van der Waals surface area contributed by atoms with Crippen LogP contribution < -0.4 is 0 Å². The zero-order valence-electron chi connectivity index (χ0n) is 5.77. The number of aliphatic hydroxyl groups is 1.